The van der Waals surface area contributed by atoms with Gasteiger partial charge < -0.3 is 16.4 Å². The van der Waals surface area contributed by atoms with Gasteiger partial charge in [0, 0.05) is 6.54 Å². The first kappa shape index (κ1) is 15.9. The van der Waals surface area contributed by atoms with E-state index in [2.05, 4.69) is 10.6 Å². The number of nitrogens with two attached hydrogens (primary N) is 1. The molecule has 4 N–H and O–H groups in total. The smallest absolute Gasteiger partial charge is 0.239 e. The quantitative estimate of drug-likeness (QED) is 0.517. The van der Waals surface area contributed by atoms with Gasteiger partial charge in [0.1, 0.15) is 0 Å². The summed E-state index contributed by atoms with van der Waals surface area (Å²) in [5.41, 5.74) is 5.04. The van der Waals surface area contributed by atoms with Gasteiger partial charge in [0.25, 0.3) is 0 Å². The van der Waals surface area contributed by atoms with E-state index in [9.17, 15) is 9.59 Å². The van der Waals surface area contributed by atoms with Gasteiger partial charge in [0.15, 0.2) is 0 Å². The highest BCUT2D eigenvalue weighted by atomic mass is 32.1. The van der Waals surface area contributed by atoms with Crippen molar-refractivity contribution in [2.24, 2.45) is 11.1 Å². The minimum Gasteiger partial charge on any atom is -0.392 e. The molecule has 0 radical (unpaired) electrons. The first-order chi connectivity index (χ1) is 9.03. The van der Waals surface area contributed by atoms with Crippen LogP contribution in [0.1, 0.15) is 45.4 Å². The van der Waals surface area contributed by atoms with E-state index in [1.165, 1.54) is 0 Å². The van der Waals surface area contributed by atoms with Crippen LogP contribution < -0.4 is 16.4 Å². The second kappa shape index (κ2) is 7.43. The minimum absolute atomic E-state index is 0.0168. The number of amides is 2. The summed E-state index contributed by atoms with van der Waals surface area (Å²) in [4.78, 5) is 24.0. The average molecular weight is 285 g/mol. The Morgan fingerprint density at radius 2 is 1.74 bits per heavy atom. The molecule has 0 heterocycles. The minimum atomic E-state index is -0.766. The first-order valence-corrected chi connectivity index (χ1v) is 7.28. The zero-order valence-corrected chi connectivity index (χ0v) is 12.3. The van der Waals surface area contributed by atoms with Crippen LogP contribution in [0.25, 0.3) is 0 Å². The number of nitrogens with one attached hydrogen (secondary N) is 2. The van der Waals surface area contributed by atoms with Gasteiger partial charge in [-0.25, -0.2) is 0 Å². The summed E-state index contributed by atoms with van der Waals surface area (Å²) in [6.07, 6.45) is 5.48. The van der Waals surface area contributed by atoms with Crippen LogP contribution in [0.2, 0.25) is 0 Å². The molecule has 0 aliphatic heterocycles. The van der Waals surface area contributed by atoms with Crippen molar-refractivity contribution >= 4 is 29.0 Å². The fourth-order valence-corrected chi connectivity index (χ4v) is 2.80. The van der Waals surface area contributed by atoms with E-state index in [-0.39, 0.29) is 23.3 Å². The molecule has 0 aromatic rings. The maximum Gasteiger partial charge on any atom is 0.239 e. The maximum absolute atomic E-state index is 12.4. The summed E-state index contributed by atoms with van der Waals surface area (Å²) in [7, 11) is 0. The largest absolute Gasteiger partial charge is 0.392 e. The molecule has 1 aliphatic carbocycles. The number of rotatable bonds is 5. The lowest BCUT2D eigenvalue weighted by Gasteiger charge is -2.30. The Hall–Kier alpha value is -1.17. The molecule has 0 unspecified atom stereocenters. The molecule has 108 valence electrons. The lowest BCUT2D eigenvalue weighted by atomic mass is 9.79. The first-order valence-electron chi connectivity index (χ1n) is 6.88. The van der Waals surface area contributed by atoms with Crippen molar-refractivity contribution in [1.29, 1.82) is 0 Å². The lowest BCUT2D eigenvalue weighted by molar-refractivity contribution is -0.130. The van der Waals surface area contributed by atoms with Crippen molar-refractivity contribution in [3.8, 4) is 0 Å². The summed E-state index contributed by atoms with van der Waals surface area (Å²) in [5, 5.41) is 5.31. The standard InChI is InChI=1S/C13H23N3O2S/c1-2-15-10(17)9-16-12(18)13(11(14)19)7-5-3-4-6-8-13/h2-9H2,1H3,(H2,14,19)(H,15,17)(H,16,18). The van der Waals surface area contributed by atoms with Crippen molar-refractivity contribution in [3.63, 3.8) is 0 Å². The zero-order valence-electron chi connectivity index (χ0n) is 11.5. The highest BCUT2D eigenvalue weighted by molar-refractivity contribution is 7.80. The SMILES string of the molecule is CCNC(=O)CNC(=O)C1(C(N)=S)CCCCCC1. The summed E-state index contributed by atoms with van der Waals surface area (Å²) in [5.74, 6) is -0.393. The van der Waals surface area contributed by atoms with E-state index in [1.54, 1.807) is 0 Å². The molecule has 0 aromatic carbocycles. The van der Waals surface area contributed by atoms with Gasteiger partial charge >= 0.3 is 0 Å². The Morgan fingerprint density at radius 3 is 2.21 bits per heavy atom. The van der Waals surface area contributed by atoms with Crippen molar-refractivity contribution in [3.05, 3.63) is 0 Å². The molecule has 1 aliphatic rings. The monoisotopic (exact) mass is 285 g/mol. The van der Waals surface area contributed by atoms with Crippen LogP contribution in [0.4, 0.5) is 0 Å². The summed E-state index contributed by atoms with van der Waals surface area (Å²) >= 11 is 5.11. The number of hydrogen-bond donors (Lipinski definition) is 3. The van der Waals surface area contributed by atoms with Crippen LogP contribution in [0.3, 0.4) is 0 Å². The summed E-state index contributed by atoms with van der Waals surface area (Å²) < 4.78 is 0. The lowest BCUT2D eigenvalue weighted by Crippen LogP contribution is -2.50. The number of hydrogen-bond acceptors (Lipinski definition) is 3. The van der Waals surface area contributed by atoms with Crippen LogP contribution in [-0.4, -0.2) is 29.9 Å². The van der Waals surface area contributed by atoms with Crippen molar-refractivity contribution in [2.45, 2.75) is 45.4 Å². The zero-order chi connectivity index (χ0) is 14.3. The average Bonchev–Trinajstić information content (AvgIpc) is 2.62. The molecule has 0 spiro atoms. The second-order valence-electron chi connectivity index (χ2n) is 5.00. The van der Waals surface area contributed by atoms with E-state index in [0.717, 1.165) is 25.7 Å². The van der Waals surface area contributed by atoms with E-state index in [1.807, 2.05) is 6.92 Å². The molecule has 0 bridgehead atoms. The third kappa shape index (κ3) is 4.16. The molecule has 0 saturated heterocycles. The van der Waals surface area contributed by atoms with Crippen LogP contribution in [0.15, 0.2) is 0 Å². The van der Waals surface area contributed by atoms with Crippen LogP contribution in [0, 0.1) is 5.41 Å². The van der Waals surface area contributed by atoms with E-state index >= 15 is 0 Å². The maximum atomic E-state index is 12.4. The van der Waals surface area contributed by atoms with Gasteiger partial charge in [0.05, 0.1) is 16.9 Å². The van der Waals surface area contributed by atoms with E-state index in [0.29, 0.717) is 19.4 Å². The topological polar surface area (TPSA) is 84.2 Å². The number of carbonyl (C=O) groups excluding carboxylic acids is 2. The number of thiocarbonyl (C=S) groups is 1. The molecule has 2 amide bonds. The molecule has 1 fully saturated rings. The van der Waals surface area contributed by atoms with Crippen LogP contribution in [-0.2, 0) is 9.59 Å². The van der Waals surface area contributed by atoms with Crippen LogP contribution >= 0.6 is 12.2 Å². The molecule has 1 rings (SSSR count). The van der Waals surface area contributed by atoms with E-state index in [4.69, 9.17) is 18.0 Å². The van der Waals surface area contributed by atoms with Crippen molar-refractivity contribution < 1.29 is 9.59 Å². The molecule has 6 heteroatoms. The molecule has 0 aromatic heterocycles. The van der Waals surface area contributed by atoms with Gasteiger partial charge in [-0.05, 0) is 19.8 Å². The second-order valence-corrected chi connectivity index (χ2v) is 5.44. The third-order valence-electron chi connectivity index (χ3n) is 3.65. The highest BCUT2D eigenvalue weighted by Gasteiger charge is 2.41. The van der Waals surface area contributed by atoms with Gasteiger partial charge in [-0.1, -0.05) is 37.9 Å². The van der Waals surface area contributed by atoms with Gasteiger partial charge in [-0.15, -0.1) is 0 Å². The van der Waals surface area contributed by atoms with E-state index < -0.39 is 5.41 Å². The predicted molar refractivity (Wildman–Crippen MR) is 78.6 cm³/mol. The number of likely N-dealkylation sites (N-methyl/N-ethyl adjacent to an activating group) is 1. The highest BCUT2D eigenvalue weighted by Crippen LogP contribution is 2.35. The normalized spacial score (nSPS) is 18.2. The van der Waals surface area contributed by atoms with Crippen molar-refractivity contribution in [2.75, 3.05) is 13.1 Å². The Labute approximate surface area is 119 Å². The van der Waals surface area contributed by atoms with Crippen LogP contribution in [0.5, 0.6) is 0 Å². The molecule has 5 nitrogen and oxygen atoms in total. The Kier molecular flexibility index (Phi) is 6.21. The summed E-state index contributed by atoms with van der Waals surface area (Å²) in [6.45, 7) is 2.37. The molecular weight excluding hydrogens is 262 g/mol. The molecule has 1 saturated carbocycles. The Bertz CT molecular complexity index is 350. The molecule has 19 heavy (non-hydrogen) atoms. The van der Waals surface area contributed by atoms with Gasteiger partial charge in [0.2, 0.25) is 11.8 Å². The third-order valence-corrected chi connectivity index (χ3v) is 4.04. The molecular formula is C13H23N3O2S. The Morgan fingerprint density at radius 1 is 1.16 bits per heavy atom. The predicted octanol–water partition coefficient (Wildman–Crippen LogP) is 0.865. The number of carbonyl (C=O) groups is 2. The van der Waals surface area contributed by atoms with Crippen molar-refractivity contribution in [1.82, 2.24) is 10.6 Å². The summed E-state index contributed by atoms with van der Waals surface area (Å²) in [6, 6.07) is 0. The van der Waals surface area contributed by atoms with Gasteiger partial charge in [-0.3, -0.25) is 9.59 Å². The fourth-order valence-electron chi connectivity index (χ4n) is 2.51. The molecule has 0 atom stereocenters. The Balaban J connectivity index is 2.67. The van der Waals surface area contributed by atoms with Gasteiger partial charge in [-0.2, -0.15) is 0 Å². The fraction of sp³-hybridized carbons (Fsp3) is 0.769.